The fourth-order valence-electron chi connectivity index (χ4n) is 4.76. The van der Waals surface area contributed by atoms with Crippen LogP contribution in [0.25, 0.3) is 22.3 Å². The van der Waals surface area contributed by atoms with Crippen molar-refractivity contribution >= 4 is 32.8 Å². The van der Waals surface area contributed by atoms with Crippen molar-refractivity contribution in [1.82, 2.24) is 9.80 Å². The number of carbonyl (C=O) groups excluding carboxylic acids is 1. The van der Waals surface area contributed by atoms with Gasteiger partial charge in [0.15, 0.2) is 0 Å². The normalized spacial score (nSPS) is 14.8. The van der Waals surface area contributed by atoms with Crippen molar-refractivity contribution in [2.24, 2.45) is 0 Å². The zero-order valence-corrected chi connectivity index (χ0v) is 24.1. The van der Waals surface area contributed by atoms with Crippen LogP contribution in [-0.4, -0.2) is 56.1 Å². The number of furan rings is 1. The van der Waals surface area contributed by atoms with E-state index in [1.165, 1.54) is 0 Å². The molecule has 1 aliphatic heterocycles. The Kier molecular flexibility index (Phi) is 7.61. The summed E-state index contributed by atoms with van der Waals surface area (Å²) in [6, 6.07) is 21.9. The number of para-hydroxylation sites is 1. The zero-order valence-electron chi connectivity index (χ0n) is 23.3. The number of ether oxygens (including phenoxy) is 1. The van der Waals surface area contributed by atoms with E-state index in [2.05, 4.69) is 15.7 Å². The Hall–Kier alpha value is -3.82. The number of rotatable bonds is 6. The summed E-state index contributed by atoms with van der Waals surface area (Å²) in [6.07, 6.45) is -0.273. The molecule has 0 aliphatic carbocycles. The molecule has 0 radical (unpaired) electrons. The molecule has 1 fully saturated rings. The molecule has 0 saturated carbocycles. The van der Waals surface area contributed by atoms with Crippen LogP contribution in [-0.2, 0) is 21.3 Å². The molecule has 5 rings (SSSR count). The van der Waals surface area contributed by atoms with E-state index in [4.69, 9.17) is 9.15 Å². The Morgan fingerprint density at radius 2 is 1.65 bits per heavy atom. The quantitative estimate of drug-likeness (QED) is 0.299. The first-order chi connectivity index (χ1) is 19.0. The lowest BCUT2D eigenvalue weighted by Crippen LogP contribution is -2.49. The molecular formula is C31H35N3O5S. The molecule has 9 heteroatoms. The summed E-state index contributed by atoms with van der Waals surface area (Å²) in [6.45, 7) is 10.9. The minimum absolute atomic E-state index is 0.201. The summed E-state index contributed by atoms with van der Waals surface area (Å²) in [7, 11) is -3.77. The second-order valence-electron chi connectivity index (χ2n) is 11.1. The maximum atomic E-state index is 13.1. The van der Waals surface area contributed by atoms with Crippen LogP contribution in [0.3, 0.4) is 0 Å². The van der Waals surface area contributed by atoms with Crippen LogP contribution in [0, 0.1) is 6.92 Å². The molecule has 0 unspecified atom stereocenters. The Labute approximate surface area is 235 Å². The second kappa shape index (κ2) is 11.0. The molecule has 40 heavy (non-hydrogen) atoms. The third-order valence-electron chi connectivity index (χ3n) is 6.84. The minimum Gasteiger partial charge on any atom is -0.456 e. The second-order valence-corrected chi connectivity index (χ2v) is 12.8. The van der Waals surface area contributed by atoms with Gasteiger partial charge >= 0.3 is 6.09 Å². The van der Waals surface area contributed by atoms with E-state index in [1.54, 1.807) is 41.3 Å². The van der Waals surface area contributed by atoms with E-state index in [-0.39, 0.29) is 11.0 Å². The van der Waals surface area contributed by atoms with Crippen LogP contribution in [0.4, 0.5) is 10.5 Å². The number of benzene rings is 3. The highest BCUT2D eigenvalue weighted by Crippen LogP contribution is 2.35. The minimum atomic E-state index is -3.77. The van der Waals surface area contributed by atoms with E-state index in [0.29, 0.717) is 36.6 Å². The fourth-order valence-corrected chi connectivity index (χ4v) is 5.84. The standard InChI is InChI=1S/C31H35N3O5S/c1-22-12-14-24(15-13-22)40(36,37)32-27-10-6-5-9-25(27)29-20-26-23(8-7-11-28(26)38-29)21-33-16-18-34(19-17-33)30(35)39-31(2,3)4/h5-15,20,32H,16-19,21H2,1-4H3. The van der Waals surface area contributed by atoms with Gasteiger partial charge in [-0.1, -0.05) is 42.0 Å². The summed E-state index contributed by atoms with van der Waals surface area (Å²) in [5.41, 5.74) is 3.42. The number of amides is 1. The molecule has 210 valence electrons. The van der Waals surface area contributed by atoms with E-state index in [1.807, 2.05) is 58.0 Å². The van der Waals surface area contributed by atoms with E-state index < -0.39 is 15.6 Å². The zero-order chi connectivity index (χ0) is 28.5. The number of sulfonamides is 1. The van der Waals surface area contributed by atoms with Gasteiger partial charge in [0, 0.05) is 43.7 Å². The molecule has 1 N–H and O–H groups in total. The number of anilines is 1. The Morgan fingerprint density at radius 1 is 0.950 bits per heavy atom. The van der Waals surface area contributed by atoms with Crippen LogP contribution in [0.15, 0.2) is 82.1 Å². The average Bonchev–Trinajstić information content (AvgIpc) is 3.34. The third-order valence-corrected chi connectivity index (χ3v) is 8.22. The molecule has 3 aromatic carbocycles. The summed E-state index contributed by atoms with van der Waals surface area (Å²) < 4.78 is 40.7. The average molecular weight is 562 g/mol. The van der Waals surface area contributed by atoms with Crippen molar-refractivity contribution in [2.45, 2.75) is 44.7 Å². The maximum absolute atomic E-state index is 13.1. The summed E-state index contributed by atoms with van der Waals surface area (Å²) in [4.78, 5) is 16.7. The number of piperazine rings is 1. The Balaban J connectivity index is 1.34. The van der Waals surface area contributed by atoms with Crippen LogP contribution in [0.2, 0.25) is 0 Å². The molecule has 4 aromatic rings. The Bertz CT molecular complexity index is 1610. The van der Waals surface area contributed by atoms with Gasteiger partial charge in [-0.05, 0) is 69.7 Å². The van der Waals surface area contributed by atoms with Crippen molar-refractivity contribution in [1.29, 1.82) is 0 Å². The first-order valence-electron chi connectivity index (χ1n) is 13.4. The van der Waals surface area contributed by atoms with Gasteiger partial charge in [0.25, 0.3) is 10.0 Å². The van der Waals surface area contributed by atoms with Crippen molar-refractivity contribution in [3.8, 4) is 11.3 Å². The van der Waals surface area contributed by atoms with E-state index in [9.17, 15) is 13.2 Å². The molecule has 8 nitrogen and oxygen atoms in total. The summed E-state index contributed by atoms with van der Waals surface area (Å²) >= 11 is 0. The highest BCUT2D eigenvalue weighted by atomic mass is 32.2. The van der Waals surface area contributed by atoms with Gasteiger partial charge in [-0.15, -0.1) is 0 Å². The van der Waals surface area contributed by atoms with Gasteiger partial charge in [-0.25, -0.2) is 13.2 Å². The van der Waals surface area contributed by atoms with Gasteiger partial charge in [-0.2, -0.15) is 0 Å². The monoisotopic (exact) mass is 561 g/mol. The lowest BCUT2D eigenvalue weighted by molar-refractivity contribution is 0.0139. The predicted molar refractivity (Wildman–Crippen MR) is 157 cm³/mol. The number of carbonyl (C=O) groups is 1. The number of nitrogens with one attached hydrogen (secondary N) is 1. The third kappa shape index (κ3) is 6.32. The van der Waals surface area contributed by atoms with Crippen LogP contribution >= 0.6 is 0 Å². The molecular weight excluding hydrogens is 526 g/mol. The predicted octanol–water partition coefficient (Wildman–Crippen LogP) is 6.26. The smallest absolute Gasteiger partial charge is 0.410 e. The van der Waals surface area contributed by atoms with Crippen molar-refractivity contribution in [3.63, 3.8) is 0 Å². The molecule has 1 amide bonds. The number of hydrogen-bond acceptors (Lipinski definition) is 6. The first-order valence-corrected chi connectivity index (χ1v) is 14.9. The van der Waals surface area contributed by atoms with Crippen molar-refractivity contribution in [3.05, 3.63) is 83.9 Å². The summed E-state index contributed by atoms with van der Waals surface area (Å²) in [5.74, 6) is 0.583. The molecule has 1 aromatic heterocycles. The molecule has 0 atom stereocenters. The van der Waals surface area contributed by atoms with Crippen LogP contribution < -0.4 is 4.72 Å². The molecule has 0 spiro atoms. The SMILES string of the molecule is Cc1ccc(S(=O)(=O)Nc2ccccc2-c2cc3c(CN4CCN(C(=O)OC(C)(C)C)CC4)cccc3o2)cc1. The maximum Gasteiger partial charge on any atom is 0.410 e. The van der Waals surface area contributed by atoms with Crippen molar-refractivity contribution < 1.29 is 22.4 Å². The van der Waals surface area contributed by atoms with Gasteiger partial charge in [-0.3, -0.25) is 9.62 Å². The van der Waals surface area contributed by atoms with Gasteiger partial charge in [0.05, 0.1) is 10.6 Å². The highest BCUT2D eigenvalue weighted by molar-refractivity contribution is 7.92. The fraction of sp³-hybridized carbons (Fsp3) is 0.323. The lowest BCUT2D eigenvalue weighted by atomic mass is 10.1. The molecule has 1 aliphatic rings. The van der Waals surface area contributed by atoms with E-state index in [0.717, 1.165) is 35.2 Å². The topological polar surface area (TPSA) is 92.1 Å². The molecule has 0 bridgehead atoms. The lowest BCUT2D eigenvalue weighted by Gasteiger charge is -2.35. The molecule has 2 heterocycles. The number of fused-ring (bicyclic) bond motifs is 1. The van der Waals surface area contributed by atoms with Crippen LogP contribution in [0.5, 0.6) is 0 Å². The Morgan fingerprint density at radius 3 is 2.35 bits per heavy atom. The van der Waals surface area contributed by atoms with Crippen LogP contribution in [0.1, 0.15) is 31.9 Å². The first kappa shape index (κ1) is 27.7. The van der Waals surface area contributed by atoms with Gasteiger partial charge < -0.3 is 14.1 Å². The molecule has 1 saturated heterocycles. The van der Waals surface area contributed by atoms with E-state index >= 15 is 0 Å². The van der Waals surface area contributed by atoms with Gasteiger partial charge in [0.1, 0.15) is 16.9 Å². The number of nitrogens with zero attached hydrogens (tertiary/aromatic N) is 2. The highest BCUT2D eigenvalue weighted by Gasteiger charge is 2.26. The van der Waals surface area contributed by atoms with Crippen molar-refractivity contribution in [2.75, 3.05) is 30.9 Å². The summed E-state index contributed by atoms with van der Waals surface area (Å²) in [5, 5.41) is 0.975. The number of aryl methyl sites for hydroxylation is 1. The van der Waals surface area contributed by atoms with Gasteiger partial charge in [0.2, 0.25) is 0 Å². The number of hydrogen-bond donors (Lipinski definition) is 1. The largest absolute Gasteiger partial charge is 0.456 e.